The third kappa shape index (κ3) is 2.40. The Morgan fingerprint density at radius 2 is 1.89 bits per heavy atom. The molecule has 1 saturated carbocycles. The van der Waals surface area contributed by atoms with Crippen molar-refractivity contribution in [3.63, 3.8) is 0 Å². The Morgan fingerprint density at radius 1 is 1.33 bits per heavy atom. The topological polar surface area (TPSA) is 37.3 Å². The Bertz CT molecular complexity index is 503. The number of rotatable bonds is 3. The molecule has 1 aliphatic carbocycles. The van der Waals surface area contributed by atoms with Crippen LogP contribution in [0.15, 0.2) is 30.3 Å². The summed E-state index contributed by atoms with van der Waals surface area (Å²) in [6.07, 6.45) is 1.84. The van der Waals surface area contributed by atoms with E-state index in [1.807, 2.05) is 32.1 Å². The first-order chi connectivity index (χ1) is 8.34. The maximum absolute atomic E-state index is 11.1. The highest BCUT2D eigenvalue weighted by Crippen LogP contribution is 2.59. The van der Waals surface area contributed by atoms with Gasteiger partial charge in [-0.2, -0.15) is 0 Å². The number of aliphatic carboxylic acids is 1. The highest BCUT2D eigenvalue weighted by atomic mass is 35.5. The fourth-order valence-corrected chi connectivity index (χ4v) is 2.71. The first-order valence-corrected chi connectivity index (χ1v) is 6.45. The van der Waals surface area contributed by atoms with Crippen LogP contribution in [-0.2, 0) is 4.79 Å². The van der Waals surface area contributed by atoms with Crippen molar-refractivity contribution in [3.8, 4) is 0 Å². The molecule has 1 N–H and O–H groups in total. The lowest BCUT2D eigenvalue weighted by Gasteiger charge is -2.01. The van der Waals surface area contributed by atoms with Gasteiger partial charge in [0.05, 0.1) is 5.92 Å². The molecule has 0 aliphatic heterocycles. The highest BCUT2D eigenvalue weighted by Gasteiger charge is 2.60. The number of carboxylic acids is 1. The molecule has 0 amide bonds. The van der Waals surface area contributed by atoms with Crippen molar-refractivity contribution in [2.24, 2.45) is 17.3 Å². The number of hydrogen-bond donors (Lipinski definition) is 1. The molecule has 0 radical (unpaired) electrons. The summed E-state index contributed by atoms with van der Waals surface area (Å²) in [5.74, 6) is -1.13. The summed E-state index contributed by atoms with van der Waals surface area (Å²) >= 11 is 12.0. The molecular weight excluding hydrogens is 271 g/mol. The van der Waals surface area contributed by atoms with Crippen molar-refractivity contribution in [2.45, 2.75) is 13.8 Å². The second kappa shape index (κ2) is 4.60. The Balaban J connectivity index is 2.20. The molecule has 1 aromatic rings. The number of benzene rings is 1. The van der Waals surface area contributed by atoms with Gasteiger partial charge >= 0.3 is 5.97 Å². The van der Waals surface area contributed by atoms with Crippen LogP contribution >= 0.6 is 23.2 Å². The van der Waals surface area contributed by atoms with Gasteiger partial charge in [0.2, 0.25) is 0 Å². The SMILES string of the molecule is CC1(C)[C@H](C(=O)O)[C@@H]1/C=C(\Cl)c1ccc(Cl)cc1. The molecule has 18 heavy (non-hydrogen) atoms. The van der Waals surface area contributed by atoms with E-state index in [4.69, 9.17) is 28.3 Å². The molecule has 0 heterocycles. The van der Waals surface area contributed by atoms with Crippen LogP contribution in [0.25, 0.3) is 5.03 Å². The van der Waals surface area contributed by atoms with E-state index < -0.39 is 5.97 Å². The van der Waals surface area contributed by atoms with E-state index in [1.54, 1.807) is 12.1 Å². The summed E-state index contributed by atoms with van der Waals surface area (Å²) < 4.78 is 0. The molecule has 0 spiro atoms. The van der Waals surface area contributed by atoms with Crippen molar-refractivity contribution in [1.82, 2.24) is 0 Å². The van der Waals surface area contributed by atoms with E-state index in [0.29, 0.717) is 10.1 Å². The average Bonchev–Trinajstić information content (AvgIpc) is 2.81. The molecule has 96 valence electrons. The highest BCUT2D eigenvalue weighted by molar-refractivity contribution is 6.48. The first kappa shape index (κ1) is 13.4. The van der Waals surface area contributed by atoms with Gasteiger partial charge in [-0.25, -0.2) is 0 Å². The van der Waals surface area contributed by atoms with Gasteiger partial charge in [0.15, 0.2) is 0 Å². The molecular formula is C14H14Cl2O2. The standard InChI is InChI=1S/C14H14Cl2O2/c1-14(2)10(12(14)13(17)18)7-11(16)8-3-5-9(15)6-4-8/h3-7,10,12H,1-2H3,(H,17,18)/b11-7-/t10-,12-/m0/s1. The summed E-state index contributed by atoms with van der Waals surface area (Å²) in [5, 5.41) is 10.3. The summed E-state index contributed by atoms with van der Waals surface area (Å²) in [4.78, 5) is 11.1. The maximum Gasteiger partial charge on any atom is 0.307 e. The van der Waals surface area contributed by atoms with Crippen LogP contribution in [0.1, 0.15) is 19.4 Å². The van der Waals surface area contributed by atoms with E-state index in [-0.39, 0.29) is 17.3 Å². The zero-order valence-corrected chi connectivity index (χ0v) is 11.7. The summed E-state index contributed by atoms with van der Waals surface area (Å²) in [6.45, 7) is 3.89. The minimum atomic E-state index is -0.762. The maximum atomic E-state index is 11.1. The van der Waals surface area contributed by atoms with Crippen LogP contribution in [0.3, 0.4) is 0 Å². The zero-order valence-electron chi connectivity index (χ0n) is 10.2. The molecule has 0 bridgehead atoms. The van der Waals surface area contributed by atoms with E-state index in [0.717, 1.165) is 5.56 Å². The lowest BCUT2D eigenvalue weighted by molar-refractivity contribution is -0.139. The quantitative estimate of drug-likeness (QED) is 0.900. The smallest absolute Gasteiger partial charge is 0.307 e. The van der Waals surface area contributed by atoms with Crippen LogP contribution in [0.5, 0.6) is 0 Å². The molecule has 1 aliphatic rings. The average molecular weight is 285 g/mol. The minimum Gasteiger partial charge on any atom is -0.481 e. The molecule has 2 nitrogen and oxygen atoms in total. The predicted octanol–water partition coefficient (Wildman–Crippen LogP) is 4.28. The monoisotopic (exact) mass is 284 g/mol. The Labute approximate surface area is 116 Å². The molecule has 2 rings (SSSR count). The van der Waals surface area contributed by atoms with Gasteiger partial charge in [0, 0.05) is 10.1 Å². The molecule has 1 fully saturated rings. The fourth-order valence-electron chi connectivity index (χ4n) is 2.32. The number of halogens is 2. The minimum absolute atomic E-state index is 0.0156. The molecule has 0 unspecified atom stereocenters. The molecule has 0 saturated heterocycles. The number of carboxylic acid groups (broad SMARTS) is 1. The van der Waals surface area contributed by atoms with Crippen molar-refractivity contribution in [2.75, 3.05) is 0 Å². The Kier molecular flexibility index (Phi) is 3.43. The van der Waals surface area contributed by atoms with Gasteiger partial charge in [-0.15, -0.1) is 0 Å². The Morgan fingerprint density at radius 3 is 2.33 bits per heavy atom. The Hall–Kier alpha value is -0.990. The largest absolute Gasteiger partial charge is 0.481 e. The van der Waals surface area contributed by atoms with E-state index in [1.165, 1.54) is 0 Å². The molecule has 4 heteroatoms. The van der Waals surface area contributed by atoms with Gasteiger partial charge in [0.1, 0.15) is 0 Å². The van der Waals surface area contributed by atoms with Crippen molar-refractivity contribution >= 4 is 34.2 Å². The summed E-state index contributed by atoms with van der Waals surface area (Å²) in [7, 11) is 0. The molecule has 1 aromatic carbocycles. The van der Waals surface area contributed by atoms with E-state index in [9.17, 15) is 4.79 Å². The van der Waals surface area contributed by atoms with Crippen molar-refractivity contribution in [3.05, 3.63) is 40.9 Å². The van der Waals surface area contributed by atoms with Gasteiger partial charge < -0.3 is 5.11 Å². The number of hydrogen-bond acceptors (Lipinski definition) is 1. The van der Waals surface area contributed by atoms with Crippen LogP contribution < -0.4 is 0 Å². The number of carbonyl (C=O) groups is 1. The van der Waals surface area contributed by atoms with Gasteiger partial charge in [-0.05, 0) is 29.0 Å². The molecule has 2 atom stereocenters. The lowest BCUT2D eigenvalue weighted by atomic mass is 10.1. The van der Waals surface area contributed by atoms with Gasteiger partial charge in [-0.3, -0.25) is 4.79 Å². The third-order valence-corrected chi connectivity index (χ3v) is 4.22. The van der Waals surface area contributed by atoms with Gasteiger partial charge in [-0.1, -0.05) is 55.3 Å². The second-order valence-electron chi connectivity index (χ2n) is 5.18. The van der Waals surface area contributed by atoms with Crippen molar-refractivity contribution in [1.29, 1.82) is 0 Å². The third-order valence-electron chi connectivity index (χ3n) is 3.62. The van der Waals surface area contributed by atoms with Gasteiger partial charge in [0.25, 0.3) is 0 Å². The number of allylic oxidation sites excluding steroid dienone is 1. The zero-order chi connectivity index (χ0) is 13.5. The lowest BCUT2D eigenvalue weighted by Crippen LogP contribution is -2.03. The summed E-state index contributed by atoms with van der Waals surface area (Å²) in [5.41, 5.74) is 0.631. The van der Waals surface area contributed by atoms with Crippen LogP contribution in [0.2, 0.25) is 5.02 Å². The van der Waals surface area contributed by atoms with E-state index in [2.05, 4.69) is 0 Å². The summed E-state index contributed by atoms with van der Waals surface area (Å²) in [6, 6.07) is 7.18. The fraction of sp³-hybridized carbons (Fsp3) is 0.357. The normalized spacial score (nSPS) is 25.9. The van der Waals surface area contributed by atoms with E-state index >= 15 is 0 Å². The van der Waals surface area contributed by atoms with Crippen LogP contribution in [0, 0.1) is 17.3 Å². The first-order valence-electron chi connectivity index (χ1n) is 5.70. The van der Waals surface area contributed by atoms with Crippen LogP contribution in [0.4, 0.5) is 0 Å². The predicted molar refractivity (Wildman–Crippen MR) is 73.7 cm³/mol. The second-order valence-corrected chi connectivity index (χ2v) is 6.03. The van der Waals surface area contributed by atoms with Crippen molar-refractivity contribution < 1.29 is 9.90 Å². The molecule has 0 aromatic heterocycles. The van der Waals surface area contributed by atoms with Crippen LogP contribution in [-0.4, -0.2) is 11.1 Å².